The molecule has 0 bridgehead atoms. The van der Waals surface area contributed by atoms with Gasteiger partial charge in [-0.15, -0.1) is 0 Å². The summed E-state index contributed by atoms with van der Waals surface area (Å²) in [5, 5.41) is 11.8. The highest BCUT2D eigenvalue weighted by Gasteiger charge is 2.46. The molecule has 1 amide bonds. The second kappa shape index (κ2) is 12.8. The number of aromatic nitrogens is 5. The number of nitrogen functional groups attached to an aromatic ring is 1. The zero-order valence-corrected chi connectivity index (χ0v) is 27.6. The normalized spacial score (nSPS) is 16.3. The molecule has 0 unspecified atom stereocenters. The Balaban J connectivity index is 1.32. The van der Waals surface area contributed by atoms with Crippen molar-refractivity contribution < 1.29 is 40.3 Å². The van der Waals surface area contributed by atoms with E-state index in [1.54, 1.807) is 35.9 Å². The van der Waals surface area contributed by atoms with Gasteiger partial charge in [-0.25, -0.2) is 8.78 Å². The summed E-state index contributed by atoms with van der Waals surface area (Å²) in [6.07, 6.45) is -7.52. The molecule has 3 N–H and O–H groups in total. The van der Waals surface area contributed by atoms with Gasteiger partial charge in [0.05, 0.1) is 59.0 Å². The van der Waals surface area contributed by atoms with E-state index in [0.717, 1.165) is 12.1 Å². The van der Waals surface area contributed by atoms with Crippen LogP contribution in [-0.4, -0.2) is 49.8 Å². The van der Waals surface area contributed by atoms with Gasteiger partial charge in [0, 0.05) is 34.9 Å². The summed E-state index contributed by atoms with van der Waals surface area (Å²) in [5.41, 5.74) is 7.19. The molecule has 9 nitrogen and oxygen atoms in total. The smallest absolute Gasteiger partial charge is 0.382 e. The number of aryl methyl sites for hydroxylation is 1. The minimum absolute atomic E-state index is 0.133. The maximum absolute atomic E-state index is 15.0. The number of alkyl halides is 5. The molecule has 4 heterocycles. The Morgan fingerprint density at radius 1 is 1.10 bits per heavy atom. The molecule has 51 heavy (non-hydrogen) atoms. The van der Waals surface area contributed by atoms with Gasteiger partial charge in [0.15, 0.2) is 5.82 Å². The minimum atomic E-state index is -4.72. The van der Waals surface area contributed by atoms with Crippen molar-refractivity contribution in [3.8, 4) is 11.1 Å². The molecule has 0 spiro atoms. The molecular weight excluding hydrogens is 707 g/mol. The van der Waals surface area contributed by atoms with Crippen LogP contribution in [0.4, 0.5) is 36.6 Å². The maximum Gasteiger partial charge on any atom is 0.394 e. The Labute approximate surface area is 290 Å². The van der Waals surface area contributed by atoms with Crippen molar-refractivity contribution in [1.82, 2.24) is 29.9 Å². The van der Waals surface area contributed by atoms with Gasteiger partial charge in [-0.3, -0.25) is 19.1 Å². The van der Waals surface area contributed by atoms with Crippen LogP contribution in [0, 0.1) is 18.6 Å². The molecule has 17 heteroatoms. The topological polar surface area (TPSA) is 113 Å². The predicted molar refractivity (Wildman–Crippen MR) is 172 cm³/mol. The third-order valence-corrected chi connectivity index (χ3v) is 9.32. The van der Waals surface area contributed by atoms with Gasteiger partial charge >= 0.3 is 6.18 Å². The number of halogens is 8. The fourth-order valence-corrected chi connectivity index (χ4v) is 7.05. The van der Waals surface area contributed by atoms with E-state index in [-0.39, 0.29) is 41.5 Å². The summed E-state index contributed by atoms with van der Waals surface area (Å²) >= 11 is 6.58. The third kappa shape index (κ3) is 6.73. The van der Waals surface area contributed by atoms with Crippen LogP contribution in [0.5, 0.6) is 0 Å². The standard InChI is InChI=1S/C34H29ClF7N7O2/c1-16-2-3-21(22-4-5-24(35)28-30(22)49(47-32(28)43)20-14-51-15-20)29(44-16)25(10-17-8-18(36)11-19(37)9-17)45-27(50)13-48-31-23(6-7-33(31,38)39)26(46-48)12-34(40,41)42/h2-5,8-9,11,20,25H,6-7,10,12-15H2,1H3,(H2,43,47)(H,45,50)/t25-/m0/s1. The highest BCUT2D eigenvalue weighted by atomic mass is 35.5. The number of anilines is 1. The number of fused-ring (bicyclic) bond motifs is 2. The summed E-state index contributed by atoms with van der Waals surface area (Å²) in [6, 6.07) is 8.33. The number of pyridine rings is 1. The lowest BCUT2D eigenvalue weighted by Crippen LogP contribution is -2.35. The fraction of sp³-hybridized carbons (Fsp3) is 0.353. The molecule has 1 saturated heterocycles. The lowest BCUT2D eigenvalue weighted by atomic mass is 9.93. The molecule has 1 aliphatic heterocycles. The molecule has 268 valence electrons. The second-order valence-corrected chi connectivity index (χ2v) is 13.2. The number of nitrogens with two attached hydrogens (primary N) is 1. The fourth-order valence-electron chi connectivity index (χ4n) is 6.80. The van der Waals surface area contributed by atoms with Crippen molar-refractivity contribution in [2.75, 3.05) is 18.9 Å². The minimum Gasteiger partial charge on any atom is -0.382 e. The van der Waals surface area contributed by atoms with E-state index in [2.05, 4.69) is 15.5 Å². The summed E-state index contributed by atoms with van der Waals surface area (Å²) in [5.74, 6) is -5.99. The van der Waals surface area contributed by atoms with E-state index in [1.807, 2.05) is 0 Å². The molecule has 1 aliphatic carbocycles. The number of rotatable bonds is 9. The zero-order chi connectivity index (χ0) is 36.4. The zero-order valence-electron chi connectivity index (χ0n) is 26.8. The van der Waals surface area contributed by atoms with Crippen LogP contribution in [0.3, 0.4) is 0 Å². The predicted octanol–water partition coefficient (Wildman–Crippen LogP) is 6.93. The first-order chi connectivity index (χ1) is 24.1. The van der Waals surface area contributed by atoms with Gasteiger partial charge in [0.1, 0.15) is 23.9 Å². The molecule has 1 atom stereocenters. The van der Waals surface area contributed by atoms with E-state index in [1.165, 1.54) is 0 Å². The highest BCUT2D eigenvalue weighted by molar-refractivity contribution is 6.37. The highest BCUT2D eigenvalue weighted by Crippen LogP contribution is 2.44. The van der Waals surface area contributed by atoms with Gasteiger partial charge in [-0.2, -0.15) is 32.1 Å². The van der Waals surface area contributed by atoms with Crippen molar-refractivity contribution in [3.05, 3.63) is 93.0 Å². The molecule has 1 fully saturated rings. The molecule has 2 aromatic carbocycles. The van der Waals surface area contributed by atoms with Crippen LogP contribution in [0.2, 0.25) is 5.02 Å². The Morgan fingerprint density at radius 3 is 2.47 bits per heavy atom. The van der Waals surface area contributed by atoms with Gasteiger partial charge in [0.25, 0.3) is 5.92 Å². The van der Waals surface area contributed by atoms with E-state index >= 15 is 0 Å². The molecule has 0 radical (unpaired) electrons. The first-order valence-corrected chi connectivity index (χ1v) is 16.3. The van der Waals surface area contributed by atoms with Crippen molar-refractivity contribution in [2.24, 2.45) is 0 Å². The number of hydrogen-bond donors (Lipinski definition) is 2. The number of nitrogens with one attached hydrogen (secondary N) is 1. The van der Waals surface area contributed by atoms with Crippen LogP contribution in [0.25, 0.3) is 22.0 Å². The first kappa shape index (κ1) is 34.7. The lowest BCUT2D eigenvalue weighted by Gasteiger charge is -2.28. The van der Waals surface area contributed by atoms with Gasteiger partial charge in [0.2, 0.25) is 5.91 Å². The van der Waals surface area contributed by atoms with Crippen molar-refractivity contribution in [1.29, 1.82) is 0 Å². The molecular formula is C34H29ClF7N7O2. The maximum atomic E-state index is 15.0. The number of carbonyl (C=O) groups is 1. The lowest BCUT2D eigenvalue weighted by molar-refractivity contribution is -0.128. The number of amides is 1. The third-order valence-electron chi connectivity index (χ3n) is 9.01. The molecule has 5 aromatic rings. The van der Waals surface area contributed by atoms with Crippen molar-refractivity contribution >= 4 is 34.2 Å². The van der Waals surface area contributed by atoms with Crippen LogP contribution >= 0.6 is 11.6 Å². The van der Waals surface area contributed by atoms with Crippen molar-refractivity contribution in [3.63, 3.8) is 0 Å². The molecule has 3 aromatic heterocycles. The largest absolute Gasteiger partial charge is 0.394 e. The number of benzene rings is 2. The summed E-state index contributed by atoms with van der Waals surface area (Å²) in [4.78, 5) is 18.5. The molecule has 7 rings (SSSR count). The summed E-state index contributed by atoms with van der Waals surface area (Å²) in [6.45, 7) is 1.57. The van der Waals surface area contributed by atoms with Gasteiger partial charge in [-0.05, 0) is 49.6 Å². The van der Waals surface area contributed by atoms with E-state index < -0.39 is 66.5 Å². The van der Waals surface area contributed by atoms with E-state index in [9.17, 15) is 35.5 Å². The van der Waals surface area contributed by atoms with Crippen LogP contribution in [0.15, 0.2) is 42.5 Å². The monoisotopic (exact) mass is 735 g/mol. The molecule has 2 aliphatic rings. The van der Waals surface area contributed by atoms with E-state index in [4.69, 9.17) is 27.1 Å². The van der Waals surface area contributed by atoms with Crippen LogP contribution < -0.4 is 11.1 Å². The Hall–Kier alpha value is -4.70. The van der Waals surface area contributed by atoms with E-state index in [0.29, 0.717) is 56.7 Å². The van der Waals surface area contributed by atoms with Gasteiger partial charge in [-0.1, -0.05) is 23.7 Å². The quantitative estimate of drug-likeness (QED) is 0.159. The average molecular weight is 736 g/mol. The average Bonchev–Trinajstić information content (AvgIpc) is 3.62. The van der Waals surface area contributed by atoms with Crippen molar-refractivity contribution in [2.45, 2.75) is 63.3 Å². The molecule has 0 saturated carbocycles. The van der Waals surface area contributed by atoms with Crippen LogP contribution in [0.1, 0.15) is 52.4 Å². The van der Waals surface area contributed by atoms with Gasteiger partial charge < -0.3 is 15.8 Å². The van der Waals surface area contributed by atoms with Crippen LogP contribution in [-0.2, 0) is 41.3 Å². The second-order valence-electron chi connectivity index (χ2n) is 12.8. The number of carbonyl (C=O) groups excluding carboxylic acids is 1. The SMILES string of the molecule is Cc1ccc(-c2ccc(Cl)c3c(N)nn(C4COC4)c23)c([C@H](Cc2cc(F)cc(F)c2)NC(=O)Cn2nc(CC(F)(F)F)c3c2C(F)(F)CC3)n1. The Morgan fingerprint density at radius 2 is 1.80 bits per heavy atom. The summed E-state index contributed by atoms with van der Waals surface area (Å²) in [7, 11) is 0. The summed E-state index contributed by atoms with van der Waals surface area (Å²) < 4.78 is 106. The number of hydrogen-bond acceptors (Lipinski definition) is 6. The number of nitrogens with zero attached hydrogens (tertiary/aromatic N) is 5. The Kier molecular flexibility index (Phi) is 8.73. The Bertz CT molecular complexity index is 2160. The number of ether oxygens (including phenoxy) is 1. The first-order valence-electron chi connectivity index (χ1n) is 15.9.